The minimum absolute atomic E-state index is 0.00386. The molecule has 2 rings (SSSR count). The van der Waals surface area contributed by atoms with E-state index in [1.54, 1.807) is 0 Å². The maximum Gasteiger partial charge on any atom is 0.216 e. The van der Waals surface area contributed by atoms with Gasteiger partial charge in [0.05, 0.1) is 5.52 Å². The van der Waals surface area contributed by atoms with Gasteiger partial charge in [0.1, 0.15) is 0 Å². The molecule has 2 N–H and O–H groups in total. The Morgan fingerprint density at radius 1 is 1.28 bits per heavy atom. The van der Waals surface area contributed by atoms with Crippen molar-refractivity contribution in [2.45, 2.75) is 13.5 Å². The van der Waals surface area contributed by atoms with Gasteiger partial charge in [-0.2, -0.15) is 0 Å². The molecule has 1 aromatic heterocycles. The molecular weight excluding hydrogens is 226 g/mol. The van der Waals surface area contributed by atoms with Crippen molar-refractivity contribution >= 4 is 16.8 Å². The molecule has 4 heteroatoms. The molecule has 18 heavy (non-hydrogen) atoms. The van der Waals surface area contributed by atoms with Gasteiger partial charge >= 0.3 is 0 Å². The number of rotatable bonds is 5. The van der Waals surface area contributed by atoms with Gasteiger partial charge in [0.2, 0.25) is 5.91 Å². The highest BCUT2D eigenvalue weighted by atomic mass is 16.1. The molecule has 1 heterocycles. The van der Waals surface area contributed by atoms with Crippen molar-refractivity contribution in [3.8, 4) is 0 Å². The van der Waals surface area contributed by atoms with E-state index in [0.29, 0.717) is 6.54 Å². The van der Waals surface area contributed by atoms with Crippen LogP contribution in [0.5, 0.6) is 0 Å². The molecule has 0 aliphatic heterocycles. The summed E-state index contributed by atoms with van der Waals surface area (Å²) in [4.78, 5) is 15.1. The zero-order chi connectivity index (χ0) is 12.8. The number of para-hydroxylation sites is 1. The fraction of sp³-hybridized carbons (Fsp3) is 0.286. The first kappa shape index (κ1) is 12.5. The van der Waals surface area contributed by atoms with Crippen LogP contribution in [0.3, 0.4) is 0 Å². The Hall–Kier alpha value is -1.94. The zero-order valence-corrected chi connectivity index (χ0v) is 10.4. The molecule has 0 spiro atoms. The van der Waals surface area contributed by atoms with E-state index in [4.69, 9.17) is 0 Å². The quantitative estimate of drug-likeness (QED) is 0.782. The number of hydrogen-bond acceptors (Lipinski definition) is 3. The lowest BCUT2D eigenvalue weighted by Gasteiger charge is -2.06. The predicted molar refractivity (Wildman–Crippen MR) is 72.1 cm³/mol. The number of carbonyl (C=O) groups is 1. The van der Waals surface area contributed by atoms with E-state index in [-0.39, 0.29) is 5.91 Å². The summed E-state index contributed by atoms with van der Waals surface area (Å²) < 4.78 is 0. The summed E-state index contributed by atoms with van der Waals surface area (Å²) in [5, 5.41) is 7.16. The Morgan fingerprint density at radius 2 is 2.11 bits per heavy atom. The molecule has 0 fully saturated rings. The van der Waals surface area contributed by atoms with E-state index < -0.39 is 0 Å². The van der Waals surface area contributed by atoms with Crippen LogP contribution in [0.1, 0.15) is 12.5 Å². The summed E-state index contributed by atoms with van der Waals surface area (Å²) in [5.41, 5.74) is 2.16. The fourth-order valence-electron chi connectivity index (χ4n) is 1.77. The molecule has 1 amide bonds. The van der Waals surface area contributed by atoms with E-state index >= 15 is 0 Å². The van der Waals surface area contributed by atoms with Crippen molar-refractivity contribution in [1.29, 1.82) is 0 Å². The molecule has 0 radical (unpaired) electrons. The van der Waals surface area contributed by atoms with Crippen molar-refractivity contribution in [3.63, 3.8) is 0 Å². The third-order valence-corrected chi connectivity index (χ3v) is 2.65. The van der Waals surface area contributed by atoms with Gasteiger partial charge in [-0.15, -0.1) is 0 Å². The Bertz CT molecular complexity index is 539. The molecule has 0 bridgehead atoms. The number of benzene rings is 1. The number of hydrogen-bond donors (Lipinski definition) is 2. The summed E-state index contributed by atoms with van der Waals surface area (Å²) in [6.45, 7) is 3.69. The first-order valence-corrected chi connectivity index (χ1v) is 6.04. The molecule has 0 atom stereocenters. The second-order valence-electron chi connectivity index (χ2n) is 4.20. The molecular formula is C14H17N3O. The number of aromatic nitrogens is 1. The van der Waals surface area contributed by atoms with Crippen LogP contribution in [-0.2, 0) is 11.3 Å². The van der Waals surface area contributed by atoms with Gasteiger partial charge in [0, 0.05) is 38.1 Å². The van der Waals surface area contributed by atoms with Gasteiger partial charge in [0.15, 0.2) is 0 Å². The number of pyridine rings is 1. The van der Waals surface area contributed by atoms with Crippen LogP contribution in [0.15, 0.2) is 36.5 Å². The van der Waals surface area contributed by atoms with Crippen LogP contribution in [0.4, 0.5) is 0 Å². The smallest absolute Gasteiger partial charge is 0.216 e. The maximum absolute atomic E-state index is 10.7. The first-order valence-electron chi connectivity index (χ1n) is 6.04. The summed E-state index contributed by atoms with van der Waals surface area (Å²) in [6.07, 6.45) is 1.88. The standard InChI is InChI=1S/C14H17N3O/c1-11(18)16-7-6-15-9-12-8-13-4-2-3-5-14(13)17-10-12/h2-5,8,10,15H,6-7,9H2,1H3,(H,16,18). The minimum Gasteiger partial charge on any atom is -0.355 e. The Balaban J connectivity index is 1.86. The van der Waals surface area contributed by atoms with Gasteiger partial charge in [0.25, 0.3) is 0 Å². The highest BCUT2D eigenvalue weighted by molar-refractivity contribution is 5.78. The highest BCUT2D eigenvalue weighted by Crippen LogP contribution is 2.12. The van der Waals surface area contributed by atoms with Crippen LogP contribution in [0, 0.1) is 0 Å². The van der Waals surface area contributed by atoms with Gasteiger partial charge in [-0.25, -0.2) is 0 Å². The van der Waals surface area contributed by atoms with E-state index in [1.807, 2.05) is 24.4 Å². The Kier molecular flexibility index (Phi) is 4.25. The molecule has 0 aliphatic carbocycles. The molecule has 2 aromatic rings. The Morgan fingerprint density at radius 3 is 2.94 bits per heavy atom. The maximum atomic E-state index is 10.7. The minimum atomic E-state index is 0.00386. The summed E-state index contributed by atoms with van der Waals surface area (Å²) >= 11 is 0. The van der Waals surface area contributed by atoms with Crippen molar-refractivity contribution in [2.75, 3.05) is 13.1 Å². The zero-order valence-electron chi connectivity index (χ0n) is 10.4. The molecule has 0 saturated carbocycles. The van der Waals surface area contributed by atoms with Gasteiger partial charge < -0.3 is 10.6 Å². The van der Waals surface area contributed by atoms with Gasteiger partial charge in [-0.3, -0.25) is 9.78 Å². The number of nitrogens with zero attached hydrogens (tertiary/aromatic N) is 1. The lowest BCUT2D eigenvalue weighted by atomic mass is 10.1. The van der Waals surface area contributed by atoms with Crippen LogP contribution in [0.2, 0.25) is 0 Å². The average molecular weight is 243 g/mol. The molecule has 0 unspecified atom stereocenters. The summed E-state index contributed by atoms with van der Waals surface area (Å²) in [7, 11) is 0. The van der Waals surface area contributed by atoms with Crippen molar-refractivity contribution in [2.24, 2.45) is 0 Å². The number of amides is 1. The van der Waals surface area contributed by atoms with Crippen LogP contribution >= 0.6 is 0 Å². The normalized spacial score (nSPS) is 10.5. The van der Waals surface area contributed by atoms with E-state index in [2.05, 4.69) is 27.8 Å². The molecule has 1 aromatic carbocycles. The number of fused-ring (bicyclic) bond motifs is 1. The fourth-order valence-corrected chi connectivity index (χ4v) is 1.77. The SMILES string of the molecule is CC(=O)NCCNCc1cnc2ccccc2c1. The average Bonchev–Trinajstić information content (AvgIpc) is 2.38. The third-order valence-electron chi connectivity index (χ3n) is 2.65. The number of carbonyl (C=O) groups excluding carboxylic acids is 1. The lowest BCUT2D eigenvalue weighted by molar-refractivity contribution is -0.118. The highest BCUT2D eigenvalue weighted by Gasteiger charge is 1.97. The Labute approximate surface area is 106 Å². The van der Waals surface area contributed by atoms with E-state index in [1.165, 1.54) is 6.92 Å². The molecule has 94 valence electrons. The summed E-state index contributed by atoms with van der Waals surface area (Å²) in [5.74, 6) is 0.00386. The molecule has 0 aliphatic rings. The molecule has 4 nitrogen and oxygen atoms in total. The van der Waals surface area contributed by atoms with Gasteiger partial charge in [-0.1, -0.05) is 18.2 Å². The number of nitrogens with one attached hydrogen (secondary N) is 2. The topological polar surface area (TPSA) is 54.0 Å². The first-order chi connectivity index (χ1) is 8.75. The van der Waals surface area contributed by atoms with Crippen molar-refractivity contribution in [3.05, 3.63) is 42.1 Å². The van der Waals surface area contributed by atoms with E-state index in [0.717, 1.165) is 29.6 Å². The van der Waals surface area contributed by atoms with Crippen LogP contribution in [0.25, 0.3) is 10.9 Å². The second kappa shape index (κ2) is 6.12. The van der Waals surface area contributed by atoms with Crippen LogP contribution < -0.4 is 10.6 Å². The molecule has 0 saturated heterocycles. The largest absolute Gasteiger partial charge is 0.355 e. The lowest BCUT2D eigenvalue weighted by Crippen LogP contribution is -2.29. The van der Waals surface area contributed by atoms with Crippen LogP contribution in [-0.4, -0.2) is 24.0 Å². The second-order valence-corrected chi connectivity index (χ2v) is 4.20. The van der Waals surface area contributed by atoms with Crippen molar-refractivity contribution < 1.29 is 4.79 Å². The monoisotopic (exact) mass is 243 g/mol. The van der Waals surface area contributed by atoms with E-state index in [9.17, 15) is 4.79 Å². The third kappa shape index (κ3) is 3.53. The predicted octanol–water partition coefficient (Wildman–Crippen LogP) is 1.46. The summed E-state index contributed by atoms with van der Waals surface area (Å²) in [6, 6.07) is 10.2. The van der Waals surface area contributed by atoms with Gasteiger partial charge in [-0.05, 0) is 17.7 Å². The van der Waals surface area contributed by atoms with Crippen molar-refractivity contribution in [1.82, 2.24) is 15.6 Å².